The summed E-state index contributed by atoms with van der Waals surface area (Å²) in [5.41, 5.74) is 8.27. The Kier molecular flexibility index (Phi) is 3.08. The van der Waals surface area contributed by atoms with Gasteiger partial charge in [-0.15, -0.1) is 13.2 Å². The van der Waals surface area contributed by atoms with E-state index >= 15 is 0 Å². The van der Waals surface area contributed by atoms with E-state index in [0.717, 1.165) is 0 Å². The number of ether oxygens (including phenoxy) is 1. The number of nitrogens with zero attached hydrogens (tertiary/aromatic N) is 2. The lowest BCUT2D eigenvalue weighted by Crippen LogP contribution is -2.21. The number of carbonyl (C=O) groups excluding carboxylic acids is 1. The van der Waals surface area contributed by atoms with Crippen molar-refractivity contribution in [3.8, 4) is 11.8 Å². The molecular formula is C8H5F3N4O2. The normalized spacial score (nSPS) is 10.7. The molecule has 0 spiro atoms. The van der Waals surface area contributed by atoms with Gasteiger partial charge in [-0.25, -0.2) is 4.98 Å². The third kappa shape index (κ3) is 2.97. The number of carbonyl (C=O) groups is 1. The molecule has 0 aromatic carbocycles. The van der Waals surface area contributed by atoms with Crippen LogP contribution in [-0.2, 0) is 0 Å². The predicted molar refractivity (Wildman–Crippen MR) is 48.6 cm³/mol. The number of nitriles is 1. The number of hydrogen-bond donors (Lipinski definition) is 2. The van der Waals surface area contributed by atoms with Crippen molar-refractivity contribution in [3.63, 3.8) is 0 Å². The zero-order valence-electron chi connectivity index (χ0n) is 8.08. The molecule has 0 saturated carbocycles. The first-order chi connectivity index (χ1) is 7.74. The topological polar surface area (TPSA) is 115 Å². The number of rotatable bonds is 2. The molecule has 90 valence electrons. The van der Waals surface area contributed by atoms with E-state index in [0.29, 0.717) is 6.07 Å². The average molecular weight is 246 g/mol. The smallest absolute Gasteiger partial charge is 0.403 e. The number of aromatic nitrogens is 1. The van der Waals surface area contributed by atoms with E-state index in [9.17, 15) is 18.0 Å². The first-order valence-electron chi connectivity index (χ1n) is 4.00. The van der Waals surface area contributed by atoms with Crippen LogP contribution >= 0.6 is 0 Å². The molecule has 1 aromatic heterocycles. The van der Waals surface area contributed by atoms with Crippen LogP contribution in [-0.4, -0.2) is 17.3 Å². The fourth-order valence-corrected chi connectivity index (χ4v) is 0.986. The van der Waals surface area contributed by atoms with Gasteiger partial charge in [0.1, 0.15) is 17.5 Å². The third-order valence-corrected chi connectivity index (χ3v) is 1.59. The van der Waals surface area contributed by atoms with Crippen LogP contribution in [0.25, 0.3) is 0 Å². The number of nitrogens with two attached hydrogens (primary N) is 2. The van der Waals surface area contributed by atoms with E-state index in [1.807, 2.05) is 0 Å². The SMILES string of the molecule is N#Cc1cc(OC(F)(F)F)c(N)c(C(N)=O)n1. The number of anilines is 1. The minimum atomic E-state index is -5.00. The van der Waals surface area contributed by atoms with E-state index in [2.05, 4.69) is 9.72 Å². The zero-order valence-corrected chi connectivity index (χ0v) is 8.08. The summed E-state index contributed by atoms with van der Waals surface area (Å²) in [6.45, 7) is 0. The van der Waals surface area contributed by atoms with Gasteiger partial charge in [-0.1, -0.05) is 0 Å². The fraction of sp³-hybridized carbons (Fsp3) is 0.125. The second kappa shape index (κ2) is 4.17. The molecule has 4 N–H and O–H groups in total. The molecule has 17 heavy (non-hydrogen) atoms. The van der Waals surface area contributed by atoms with Crippen molar-refractivity contribution in [2.45, 2.75) is 6.36 Å². The highest BCUT2D eigenvalue weighted by Gasteiger charge is 2.33. The van der Waals surface area contributed by atoms with Crippen molar-refractivity contribution in [2.75, 3.05) is 5.73 Å². The van der Waals surface area contributed by atoms with Gasteiger partial charge in [-0.3, -0.25) is 4.79 Å². The van der Waals surface area contributed by atoms with Crippen LogP contribution < -0.4 is 16.2 Å². The highest BCUT2D eigenvalue weighted by molar-refractivity contribution is 5.97. The van der Waals surface area contributed by atoms with E-state index < -0.39 is 35.1 Å². The Morgan fingerprint density at radius 1 is 1.53 bits per heavy atom. The summed E-state index contributed by atoms with van der Waals surface area (Å²) in [7, 11) is 0. The van der Waals surface area contributed by atoms with Crippen LogP contribution in [0.4, 0.5) is 18.9 Å². The van der Waals surface area contributed by atoms with E-state index in [1.165, 1.54) is 6.07 Å². The first kappa shape index (κ1) is 12.6. The monoisotopic (exact) mass is 246 g/mol. The molecule has 0 fully saturated rings. The average Bonchev–Trinajstić information content (AvgIpc) is 2.18. The molecule has 1 heterocycles. The van der Waals surface area contributed by atoms with Gasteiger partial charge < -0.3 is 16.2 Å². The molecule has 0 radical (unpaired) electrons. The van der Waals surface area contributed by atoms with Gasteiger partial charge in [0.25, 0.3) is 5.91 Å². The van der Waals surface area contributed by atoms with Crippen LogP contribution in [0.2, 0.25) is 0 Å². The van der Waals surface area contributed by atoms with Crippen molar-refractivity contribution in [1.29, 1.82) is 5.26 Å². The minimum absolute atomic E-state index is 0.466. The van der Waals surface area contributed by atoms with Crippen LogP contribution in [0.5, 0.6) is 5.75 Å². The van der Waals surface area contributed by atoms with Crippen molar-refractivity contribution < 1.29 is 22.7 Å². The van der Waals surface area contributed by atoms with Crippen molar-refractivity contribution in [3.05, 3.63) is 17.5 Å². The zero-order chi connectivity index (χ0) is 13.2. The van der Waals surface area contributed by atoms with Crippen molar-refractivity contribution in [2.24, 2.45) is 5.73 Å². The molecule has 1 amide bonds. The van der Waals surface area contributed by atoms with E-state index in [4.69, 9.17) is 16.7 Å². The Bertz CT molecular complexity index is 507. The van der Waals surface area contributed by atoms with Crippen molar-refractivity contribution >= 4 is 11.6 Å². The van der Waals surface area contributed by atoms with Crippen LogP contribution in [0.3, 0.4) is 0 Å². The van der Waals surface area contributed by atoms with Gasteiger partial charge in [-0.2, -0.15) is 5.26 Å². The maximum Gasteiger partial charge on any atom is 0.573 e. The van der Waals surface area contributed by atoms with Crippen LogP contribution in [0, 0.1) is 11.3 Å². The molecule has 0 unspecified atom stereocenters. The molecular weight excluding hydrogens is 241 g/mol. The molecule has 6 nitrogen and oxygen atoms in total. The van der Waals surface area contributed by atoms with E-state index in [-0.39, 0.29) is 0 Å². The molecule has 0 aliphatic rings. The Morgan fingerprint density at radius 3 is 2.53 bits per heavy atom. The van der Waals surface area contributed by atoms with Gasteiger partial charge in [-0.05, 0) is 0 Å². The summed E-state index contributed by atoms with van der Waals surface area (Å²) in [5.74, 6) is -2.05. The molecule has 0 saturated heterocycles. The lowest BCUT2D eigenvalue weighted by atomic mass is 10.2. The van der Waals surface area contributed by atoms with Gasteiger partial charge in [0.15, 0.2) is 11.4 Å². The van der Waals surface area contributed by atoms with Crippen molar-refractivity contribution in [1.82, 2.24) is 4.98 Å². The highest BCUT2D eigenvalue weighted by atomic mass is 19.4. The van der Waals surface area contributed by atoms with Gasteiger partial charge in [0, 0.05) is 6.07 Å². The second-order valence-electron chi connectivity index (χ2n) is 2.79. The molecule has 0 aliphatic heterocycles. The molecule has 9 heteroatoms. The molecule has 1 aromatic rings. The summed E-state index contributed by atoms with van der Waals surface area (Å²) in [4.78, 5) is 14.2. The largest absolute Gasteiger partial charge is 0.573 e. The van der Waals surface area contributed by atoms with Crippen LogP contribution in [0.1, 0.15) is 16.2 Å². The standard InChI is InChI=1S/C8H5F3N4O2/c9-8(10,11)17-4-1-3(2-12)15-6(5(4)13)7(14)16/h1H,13H2,(H2,14,16). The Labute approximate surface area is 92.6 Å². The molecule has 0 atom stereocenters. The maximum atomic E-state index is 12.0. The Balaban J connectivity index is 3.35. The summed E-state index contributed by atoms with van der Waals surface area (Å²) in [6.07, 6.45) is -5.00. The summed E-state index contributed by atoms with van der Waals surface area (Å²) >= 11 is 0. The number of amides is 1. The maximum absolute atomic E-state index is 12.0. The molecule has 0 bridgehead atoms. The highest BCUT2D eigenvalue weighted by Crippen LogP contribution is 2.30. The number of pyridine rings is 1. The van der Waals surface area contributed by atoms with Gasteiger partial charge in [0.2, 0.25) is 0 Å². The second-order valence-corrected chi connectivity index (χ2v) is 2.79. The first-order valence-corrected chi connectivity index (χ1v) is 4.00. The predicted octanol–water partition coefficient (Wildman–Crippen LogP) is 0.533. The Hall–Kier alpha value is -2.50. The number of hydrogen-bond acceptors (Lipinski definition) is 5. The summed E-state index contributed by atoms with van der Waals surface area (Å²) in [6, 6.07) is 2.12. The lowest BCUT2D eigenvalue weighted by Gasteiger charge is -2.12. The number of alkyl halides is 3. The van der Waals surface area contributed by atoms with Gasteiger partial charge in [0.05, 0.1) is 0 Å². The Morgan fingerprint density at radius 2 is 2.12 bits per heavy atom. The van der Waals surface area contributed by atoms with Gasteiger partial charge >= 0.3 is 6.36 Å². The summed E-state index contributed by atoms with van der Waals surface area (Å²) < 4.78 is 39.5. The number of halogens is 3. The quantitative estimate of drug-likeness (QED) is 0.789. The van der Waals surface area contributed by atoms with Crippen LogP contribution in [0.15, 0.2) is 6.07 Å². The third-order valence-electron chi connectivity index (χ3n) is 1.59. The molecule has 1 rings (SSSR count). The molecule has 0 aliphatic carbocycles. The number of primary amides is 1. The van der Waals surface area contributed by atoms with E-state index in [1.54, 1.807) is 0 Å². The minimum Gasteiger partial charge on any atom is -0.403 e. The summed E-state index contributed by atoms with van der Waals surface area (Å²) in [5, 5.41) is 8.52. The fourth-order valence-electron chi connectivity index (χ4n) is 0.986. The lowest BCUT2D eigenvalue weighted by molar-refractivity contribution is -0.274. The number of nitrogen functional groups attached to an aromatic ring is 1.